The maximum absolute atomic E-state index is 13.3. The summed E-state index contributed by atoms with van der Waals surface area (Å²) in [7, 11) is 3.74. The summed E-state index contributed by atoms with van der Waals surface area (Å²) in [5.74, 6) is -0.232. The van der Waals surface area contributed by atoms with Gasteiger partial charge >= 0.3 is 0 Å². The Hall–Kier alpha value is -1.69. The number of amides is 1. The van der Waals surface area contributed by atoms with Crippen molar-refractivity contribution in [3.8, 4) is 0 Å². The Kier molecular flexibility index (Phi) is 4.54. The monoisotopic (exact) mass is 280 g/mol. The fourth-order valence-corrected chi connectivity index (χ4v) is 2.54. The lowest BCUT2D eigenvalue weighted by atomic mass is 10.1. The predicted octanol–water partition coefficient (Wildman–Crippen LogP) is 1.43. The first-order chi connectivity index (χ1) is 9.56. The van der Waals surface area contributed by atoms with Crippen molar-refractivity contribution in [1.82, 2.24) is 14.8 Å². The third-order valence-corrected chi connectivity index (χ3v) is 3.86. The quantitative estimate of drug-likeness (QED) is 0.910. The Morgan fingerprint density at radius 2 is 2.30 bits per heavy atom. The number of carbonyl (C=O) groups excluding carboxylic acids is 1. The Morgan fingerprint density at radius 3 is 2.95 bits per heavy atom. The molecule has 2 rings (SSSR count). The van der Waals surface area contributed by atoms with Crippen molar-refractivity contribution in [2.45, 2.75) is 19.4 Å². The number of pyridine rings is 1. The van der Waals surface area contributed by atoms with Gasteiger partial charge in [0.1, 0.15) is 11.6 Å². The van der Waals surface area contributed by atoms with Crippen LogP contribution in [-0.4, -0.2) is 60.5 Å². The molecule has 1 amide bonds. The molecular weight excluding hydrogens is 259 g/mol. The van der Waals surface area contributed by atoms with Crippen LogP contribution in [0.25, 0.3) is 0 Å². The highest BCUT2D eigenvalue weighted by Crippen LogP contribution is 2.19. The van der Waals surface area contributed by atoms with Crippen molar-refractivity contribution in [3.63, 3.8) is 0 Å². The van der Waals surface area contributed by atoms with Gasteiger partial charge in [0.2, 0.25) is 0 Å². The molecule has 1 fully saturated rings. The summed E-state index contributed by atoms with van der Waals surface area (Å²) >= 11 is 0. The molecule has 1 saturated heterocycles. The fraction of sp³-hybridized carbons (Fsp3) is 0.571. The number of hydrogen-bond acceptors (Lipinski definition) is 4. The van der Waals surface area contributed by atoms with Crippen LogP contribution >= 0.6 is 0 Å². The largest absolute Gasteiger partial charge is 0.372 e. The van der Waals surface area contributed by atoms with Gasteiger partial charge in [0.25, 0.3) is 5.91 Å². The third-order valence-electron chi connectivity index (χ3n) is 3.86. The zero-order valence-electron chi connectivity index (χ0n) is 12.2. The van der Waals surface area contributed by atoms with Crippen molar-refractivity contribution in [2.24, 2.45) is 0 Å². The molecule has 2 heterocycles. The van der Waals surface area contributed by atoms with Gasteiger partial charge in [-0.25, -0.2) is 9.37 Å². The molecule has 0 saturated carbocycles. The van der Waals surface area contributed by atoms with Crippen LogP contribution in [0.4, 0.5) is 10.2 Å². The summed E-state index contributed by atoms with van der Waals surface area (Å²) in [5.41, 5.74) is 0.298. The van der Waals surface area contributed by atoms with Gasteiger partial charge in [-0.15, -0.1) is 0 Å². The number of likely N-dealkylation sites (N-methyl/N-ethyl adjacent to an activating group) is 1. The summed E-state index contributed by atoms with van der Waals surface area (Å²) in [6, 6.07) is 1.60. The second-order valence-electron chi connectivity index (χ2n) is 5.09. The molecule has 5 nitrogen and oxygen atoms in total. The van der Waals surface area contributed by atoms with Crippen molar-refractivity contribution in [1.29, 1.82) is 0 Å². The molecule has 1 atom stereocenters. The van der Waals surface area contributed by atoms with Crippen molar-refractivity contribution < 1.29 is 9.18 Å². The van der Waals surface area contributed by atoms with Gasteiger partial charge in [-0.1, -0.05) is 6.92 Å². The number of nitrogens with one attached hydrogen (secondary N) is 1. The molecule has 0 radical (unpaired) electrons. The van der Waals surface area contributed by atoms with E-state index in [0.29, 0.717) is 30.5 Å². The number of halogens is 1. The average Bonchev–Trinajstić information content (AvgIpc) is 2.47. The molecule has 1 aliphatic rings. The summed E-state index contributed by atoms with van der Waals surface area (Å²) in [6.07, 6.45) is 2.10. The molecule has 20 heavy (non-hydrogen) atoms. The van der Waals surface area contributed by atoms with Crippen LogP contribution in [0.3, 0.4) is 0 Å². The fourth-order valence-electron chi connectivity index (χ4n) is 2.54. The minimum atomic E-state index is -0.492. The first kappa shape index (κ1) is 14.7. The van der Waals surface area contributed by atoms with Crippen LogP contribution < -0.4 is 5.32 Å². The van der Waals surface area contributed by atoms with Crippen molar-refractivity contribution in [2.75, 3.05) is 39.0 Å². The number of piperazine rings is 1. The van der Waals surface area contributed by atoms with E-state index in [0.717, 1.165) is 19.2 Å². The molecular formula is C14H21FN4O. The standard InChI is InChI=1S/C14H21FN4O/c1-4-11-9-19(6-5-18(11)3)14(20)12-7-10(15)8-17-13(12)16-2/h7-8,11H,4-6,9H2,1-3H3,(H,16,17). The molecule has 0 aromatic carbocycles. The van der Waals surface area contributed by atoms with Crippen LogP contribution in [0, 0.1) is 5.82 Å². The second-order valence-corrected chi connectivity index (χ2v) is 5.09. The Labute approximate surface area is 118 Å². The Balaban J connectivity index is 2.21. The van der Waals surface area contributed by atoms with E-state index < -0.39 is 5.82 Å². The number of aromatic nitrogens is 1. The first-order valence-electron chi connectivity index (χ1n) is 6.89. The second kappa shape index (κ2) is 6.17. The highest BCUT2D eigenvalue weighted by molar-refractivity contribution is 5.98. The van der Waals surface area contributed by atoms with Crippen LogP contribution in [0.2, 0.25) is 0 Å². The van der Waals surface area contributed by atoms with Gasteiger partial charge < -0.3 is 10.2 Å². The van der Waals surface area contributed by atoms with Gasteiger partial charge in [-0.3, -0.25) is 9.69 Å². The molecule has 1 unspecified atom stereocenters. The Morgan fingerprint density at radius 1 is 1.55 bits per heavy atom. The van der Waals surface area contributed by atoms with E-state index >= 15 is 0 Å². The molecule has 1 N–H and O–H groups in total. The lowest BCUT2D eigenvalue weighted by molar-refractivity contribution is 0.0542. The normalized spacial score (nSPS) is 20.0. The molecule has 1 aliphatic heterocycles. The van der Waals surface area contributed by atoms with Crippen LogP contribution in [0.15, 0.2) is 12.3 Å². The number of nitrogens with zero attached hydrogens (tertiary/aromatic N) is 3. The molecule has 0 aliphatic carbocycles. The summed E-state index contributed by atoms with van der Waals surface area (Å²) in [6.45, 7) is 4.27. The highest BCUT2D eigenvalue weighted by Gasteiger charge is 2.28. The van der Waals surface area contributed by atoms with Gasteiger partial charge in [-0.05, 0) is 19.5 Å². The average molecular weight is 280 g/mol. The van der Waals surface area contributed by atoms with E-state index in [-0.39, 0.29) is 5.91 Å². The van der Waals surface area contributed by atoms with Crippen LogP contribution in [0.1, 0.15) is 23.7 Å². The summed E-state index contributed by atoms with van der Waals surface area (Å²) < 4.78 is 13.3. The van der Waals surface area contributed by atoms with Crippen LogP contribution in [0.5, 0.6) is 0 Å². The number of rotatable bonds is 3. The summed E-state index contributed by atoms with van der Waals surface area (Å²) in [4.78, 5) is 20.5. The minimum absolute atomic E-state index is 0.159. The first-order valence-corrected chi connectivity index (χ1v) is 6.89. The smallest absolute Gasteiger partial charge is 0.257 e. The lowest BCUT2D eigenvalue weighted by Gasteiger charge is -2.39. The SMILES string of the molecule is CCC1CN(C(=O)c2cc(F)cnc2NC)CCN1C. The molecule has 110 valence electrons. The van der Waals surface area contributed by atoms with E-state index in [9.17, 15) is 9.18 Å². The predicted molar refractivity (Wildman–Crippen MR) is 76.4 cm³/mol. The van der Waals surface area contributed by atoms with E-state index in [4.69, 9.17) is 0 Å². The van der Waals surface area contributed by atoms with E-state index in [1.54, 1.807) is 11.9 Å². The number of anilines is 1. The van der Waals surface area contributed by atoms with E-state index in [1.165, 1.54) is 6.07 Å². The topological polar surface area (TPSA) is 48.5 Å². The number of hydrogen-bond donors (Lipinski definition) is 1. The maximum Gasteiger partial charge on any atom is 0.257 e. The maximum atomic E-state index is 13.3. The van der Waals surface area contributed by atoms with Gasteiger partial charge in [-0.2, -0.15) is 0 Å². The van der Waals surface area contributed by atoms with E-state index in [1.807, 2.05) is 0 Å². The molecule has 1 aromatic heterocycles. The minimum Gasteiger partial charge on any atom is -0.372 e. The van der Waals surface area contributed by atoms with Gasteiger partial charge in [0.15, 0.2) is 0 Å². The van der Waals surface area contributed by atoms with Gasteiger partial charge in [0.05, 0.1) is 11.8 Å². The summed E-state index contributed by atoms with van der Waals surface area (Å²) in [5, 5.41) is 2.84. The lowest BCUT2D eigenvalue weighted by Crippen LogP contribution is -2.53. The highest BCUT2D eigenvalue weighted by atomic mass is 19.1. The van der Waals surface area contributed by atoms with Crippen molar-refractivity contribution >= 4 is 11.7 Å². The zero-order valence-corrected chi connectivity index (χ0v) is 12.2. The Bertz CT molecular complexity index is 494. The molecule has 0 spiro atoms. The molecule has 1 aromatic rings. The van der Waals surface area contributed by atoms with Crippen molar-refractivity contribution in [3.05, 3.63) is 23.6 Å². The van der Waals surface area contributed by atoms with E-state index in [2.05, 4.69) is 29.2 Å². The van der Waals surface area contributed by atoms with Crippen LogP contribution in [-0.2, 0) is 0 Å². The molecule has 0 bridgehead atoms. The third kappa shape index (κ3) is 2.90. The number of carbonyl (C=O) groups is 1. The molecule has 6 heteroatoms. The van der Waals surface area contributed by atoms with Gasteiger partial charge in [0, 0.05) is 32.7 Å². The zero-order chi connectivity index (χ0) is 14.7.